The van der Waals surface area contributed by atoms with Crippen molar-refractivity contribution in [2.24, 2.45) is 17.6 Å². The Kier molecular flexibility index (Phi) is 5.81. The standard InChI is InChI=1S/C13H25NO2/c1-10-5-3-7-12(9-10)16-13(15)11(2)6-4-8-14/h10-12H,3-9,14H2,1-2H3. The van der Waals surface area contributed by atoms with E-state index in [1.807, 2.05) is 6.92 Å². The maximum atomic E-state index is 11.8. The number of hydrogen-bond acceptors (Lipinski definition) is 3. The molecule has 0 radical (unpaired) electrons. The van der Waals surface area contributed by atoms with Crippen molar-refractivity contribution in [2.45, 2.75) is 58.5 Å². The number of ether oxygens (including phenoxy) is 1. The highest BCUT2D eigenvalue weighted by Gasteiger charge is 2.24. The zero-order valence-electron chi connectivity index (χ0n) is 10.6. The van der Waals surface area contributed by atoms with E-state index in [0.29, 0.717) is 12.5 Å². The van der Waals surface area contributed by atoms with Gasteiger partial charge in [0.2, 0.25) is 0 Å². The van der Waals surface area contributed by atoms with Crippen LogP contribution in [0.15, 0.2) is 0 Å². The minimum absolute atomic E-state index is 0.000725. The molecule has 1 saturated carbocycles. The Labute approximate surface area is 98.7 Å². The molecule has 94 valence electrons. The molecular formula is C13H25NO2. The summed E-state index contributed by atoms with van der Waals surface area (Å²) in [5.41, 5.74) is 5.43. The normalized spacial score (nSPS) is 27.4. The first kappa shape index (κ1) is 13.5. The topological polar surface area (TPSA) is 52.3 Å². The van der Waals surface area contributed by atoms with Gasteiger partial charge in [-0.2, -0.15) is 0 Å². The van der Waals surface area contributed by atoms with Crippen LogP contribution in [0.2, 0.25) is 0 Å². The van der Waals surface area contributed by atoms with Crippen molar-refractivity contribution >= 4 is 5.97 Å². The molecule has 0 amide bonds. The van der Waals surface area contributed by atoms with Gasteiger partial charge in [-0.1, -0.05) is 20.3 Å². The van der Waals surface area contributed by atoms with Gasteiger partial charge in [0.1, 0.15) is 6.10 Å². The van der Waals surface area contributed by atoms with E-state index in [9.17, 15) is 4.79 Å². The predicted octanol–water partition coefficient (Wildman–Crippen LogP) is 2.48. The lowest BCUT2D eigenvalue weighted by molar-refractivity contribution is -0.155. The quantitative estimate of drug-likeness (QED) is 0.734. The molecule has 1 rings (SSSR count). The van der Waals surface area contributed by atoms with Gasteiger partial charge < -0.3 is 10.5 Å². The summed E-state index contributed by atoms with van der Waals surface area (Å²) in [6, 6.07) is 0. The van der Waals surface area contributed by atoms with Crippen LogP contribution in [0.3, 0.4) is 0 Å². The fraction of sp³-hybridized carbons (Fsp3) is 0.923. The van der Waals surface area contributed by atoms with Crippen molar-refractivity contribution in [1.29, 1.82) is 0 Å². The third-order valence-corrected chi connectivity index (χ3v) is 3.41. The molecule has 16 heavy (non-hydrogen) atoms. The summed E-state index contributed by atoms with van der Waals surface area (Å²) in [6.45, 7) is 4.82. The lowest BCUT2D eigenvalue weighted by atomic mass is 9.88. The minimum atomic E-state index is -0.0347. The van der Waals surface area contributed by atoms with Gasteiger partial charge >= 0.3 is 5.97 Å². The molecule has 0 aromatic heterocycles. The van der Waals surface area contributed by atoms with Crippen LogP contribution in [0.5, 0.6) is 0 Å². The molecule has 1 fully saturated rings. The van der Waals surface area contributed by atoms with Crippen molar-refractivity contribution in [3.05, 3.63) is 0 Å². The Balaban J connectivity index is 2.26. The summed E-state index contributed by atoms with van der Waals surface area (Å²) in [5, 5.41) is 0. The monoisotopic (exact) mass is 227 g/mol. The minimum Gasteiger partial charge on any atom is -0.462 e. The summed E-state index contributed by atoms with van der Waals surface area (Å²) in [4.78, 5) is 11.8. The molecule has 1 aliphatic rings. The molecular weight excluding hydrogens is 202 g/mol. The van der Waals surface area contributed by atoms with Gasteiger partial charge in [0, 0.05) is 0 Å². The molecule has 0 heterocycles. The van der Waals surface area contributed by atoms with Crippen LogP contribution in [0, 0.1) is 11.8 Å². The highest BCUT2D eigenvalue weighted by Crippen LogP contribution is 2.26. The van der Waals surface area contributed by atoms with E-state index < -0.39 is 0 Å². The molecule has 0 spiro atoms. The lowest BCUT2D eigenvalue weighted by Gasteiger charge is -2.27. The maximum Gasteiger partial charge on any atom is 0.308 e. The highest BCUT2D eigenvalue weighted by atomic mass is 16.5. The average Bonchev–Trinajstić information content (AvgIpc) is 2.25. The summed E-state index contributed by atoms with van der Waals surface area (Å²) < 4.78 is 5.54. The first-order chi connectivity index (χ1) is 7.63. The molecule has 0 bridgehead atoms. The van der Waals surface area contributed by atoms with E-state index in [-0.39, 0.29) is 18.0 Å². The average molecular weight is 227 g/mol. The Morgan fingerprint density at radius 1 is 1.50 bits per heavy atom. The Bertz CT molecular complexity index is 218. The summed E-state index contributed by atoms with van der Waals surface area (Å²) in [7, 11) is 0. The van der Waals surface area contributed by atoms with Crippen LogP contribution in [0.25, 0.3) is 0 Å². The number of carbonyl (C=O) groups excluding carboxylic acids is 1. The third-order valence-electron chi connectivity index (χ3n) is 3.41. The number of nitrogens with two attached hydrogens (primary N) is 1. The van der Waals surface area contributed by atoms with Gasteiger partial charge in [-0.3, -0.25) is 4.79 Å². The smallest absolute Gasteiger partial charge is 0.308 e. The highest BCUT2D eigenvalue weighted by molar-refractivity contribution is 5.72. The number of carbonyl (C=O) groups is 1. The van der Waals surface area contributed by atoms with E-state index in [0.717, 1.165) is 25.7 Å². The van der Waals surface area contributed by atoms with Gasteiger partial charge in [0.15, 0.2) is 0 Å². The van der Waals surface area contributed by atoms with Gasteiger partial charge in [-0.05, 0) is 44.6 Å². The molecule has 0 aliphatic heterocycles. The molecule has 2 N–H and O–H groups in total. The van der Waals surface area contributed by atoms with Gasteiger partial charge in [-0.25, -0.2) is 0 Å². The number of esters is 1. The van der Waals surface area contributed by atoms with Crippen molar-refractivity contribution in [3.8, 4) is 0 Å². The van der Waals surface area contributed by atoms with E-state index in [2.05, 4.69) is 6.92 Å². The Morgan fingerprint density at radius 2 is 2.25 bits per heavy atom. The number of rotatable bonds is 5. The Morgan fingerprint density at radius 3 is 2.88 bits per heavy atom. The van der Waals surface area contributed by atoms with Crippen molar-refractivity contribution in [3.63, 3.8) is 0 Å². The Hall–Kier alpha value is -0.570. The molecule has 0 aromatic carbocycles. The van der Waals surface area contributed by atoms with Crippen molar-refractivity contribution < 1.29 is 9.53 Å². The second-order valence-corrected chi connectivity index (χ2v) is 5.16. The van der Waals surface area contributed by atoms with Gasteiger partial charge in [0.05, 0.1) is 5.92 Å². The van der Waals surface area contributed by atoms with E-state index in [1.54, 1.807) is 0 Å². The second kappa shape index (κ2) is 6.89. The van der Waals surface area contributed by atoms with Crippen LogP contribution >= 0.6 is 0 Å². The first-order valence-corrected chi connectivity index (χ1v) is 6.54. The summed E-state index contributed by atoms with van der Waals surface area (Å²) in [6.07, 6.45) is 6.45. The fourth-order valence-electron chi connectivity index (χ4n) is 2.31. The van der Waals surface area contributed by atoms with E-state index >= 15 is 0 Å². The second-order valence-electron chi connectivity index (χ2n) is 5.16. The lowest BCUT2D eigenvalue weighted by Crippen LogP contribution is -2.27. The largest absolute Gasteiger partial charge is 0.462 e. The van der Waals surface area contributed by atoms with E-state index in [1.165, 1.54) is 12.8 Å². The SMILES string of the molecule is CC1CCCC(OC(=O)C(C)CCCN)C1. The fourth-order valence-corrected chi connectivity index (χ4v) is 2.31. The maximum absolute atomic E-state index is 11.8. The number of hydrogen-bond donors (Lipinski definition) is 1. The zero-order chi connectivity index (χ0) is 12.0. The third kappa shape index (κ3) is 4.52. The van der Waals surface area contributed by atoms with Crippen LogP contribution < -0.4 is 5.73 Å². The summed E-state index contributed by atoms with van der Waals surface area (Å²) >= 11 is 0. The van der Waals surface area contributed by atoms with Gasteiger partial charge in [0.25, 0.3) is 0 Å². The predicted molar refractivity (Wildman–Crippen MR) is 65.0 cm³/mol. The molecule has 0 saturated heterocycles. The van der Waals surface area contributed by atoms with E-state index in [4.69, 9.17) is 10.5 Å². The van der Waals surface area contributed by atoms with Crippen LogP contribution in [-0.2, 0) is 9.53 Å². The zero-order valence-corrected chi connectivity index (χ0v) is 10.6. The van der Waals surface area contributed by atoms with Crippen LogP contribution in [-0.4, -0.2) is 18.6 Å². The molecule has 3 unspecified atom stereocenters. The first-order valence-electron chi connectivity index (χ1n) is 6.54. The van der Waals surface area contributed by atoms with Crippen molar-refractivity contribution in [2.75, 3.05) is 6.54 Å². The molecule has 3 heteroatoms. The molecule has 3 nitrogen and oxygen atoms in total. The van der Waals surface area contributed by atoms with Crippen molar-refractivity contribution in [1.82, 2.24) is 0 Å². The van der Waals surface area contributed by atoms with Crippen LogP contribution in [0.4, 0.5) is 0 Å². The molecule has 3 atom stereocenters. The van der Waals surface area contributed by atoms with Gasteiger partial charge in [-0.15, -0.1) is 0 Å². The summed E-state index contributed by atoms with van der Waals surface area (Å²) in [5.74, 6) is 0.666. The molecule has 0 aromatic rings. The molecule has 1 aliphatic carbocycles. The van der Waals surface area contributed by atoms with Crippen LogP contribution in [0.1, 0.15) is 52.4 Å².